The lowest BCUT2D eigenvalue weighted by Gasteiger charge is -2.24. The molecule has 1 saturated heterocycles. The molecule has 1 aromatic carbocycles. The number of likely N-dealkylation sites (tertiary alicyclic amines) is 1. The number of halogens is 3. The molecule has 1 aliphatic heterocycles. The number of hydrogen-bond donors (Lipinski definition) is 1. The molecular formula is C15H21Cl3N2. The molecule has 1 fully saturated rings. The normalized spacial score (nSPS) is 21.0. The van der Waals surface area contributed by atoms with Gasteiger partial charge in [0.15, 0.2) is 0 Å². The first-order valence-electron chi connectivity index (χ1n) is 7.12. The van der Waals surface area contributed by atoms with Crippen LogP contribution >= 0.6 is 34.8 Å². The SMILES string of the molecule is CC(C)N1CCCC(Nc2cc(Cl)c(Cl)cc2Cl)CC1. The van der Waals surface area contributed by atoms with Gasteiger partial charge in [0, 0.05) is 18.6 Å². The Bertz CT molecular complexity index is 463. The second-order valence-corrected chi connectivity index (χ2v) is 6.87. The lowest BCUT2D eigenvalue weighted by atomic mass is 10.1. The summed E-state index contributed by atoms with van der Waals surface area (Å²) in [5.41, 5.74) is 0.879. The van der Waals surface area contributed by atoms with Crippen molar-refractivity contribution in [1.82, 2.24) is 4.90 Å². The highest BCUT2D eigenvalue weighted by Crippen LogP contribution is 2.33. The van der Waals surface area contributed by atoms with Crippen molar-refractivity contribution < 1.29 is 0 Å². The van der Waals surface area contributed by atoms with Gasteiger partial charge in [-0.1, -0.05) is 34.8 Å². The molecule has 0 radical (unpaired) electrons. The van der Waals surface area contributed by atoms with Crippen LogP contribution in [0.3, 0.4) is 0 Å². The molecular weight excluding hydrogens is 315 g/mol. The van der Waals surface area contributed by atoms with Gasteiger partial charge in [-0.05, 0) is 51.8 Å². The molecule has 0 amide bonds. The third-order valence-electron chi connectivity index (χ3n) is 3.86. The van der Waals surface area contributed by atoms with Crippen LogP contribution in [-0.4, -0.2) is 30.1 Å². The predicted molar refractivity (Wildman–Crippen MR) is 89.4 cm³/mol. The van der Waals surface area contributed by atoms with Crippen molar-refractivity contribution >= 4 is 40.5 Å². The molecule has 1 aliphatic rings. The Hall–Kier alpha value is -0.150. The third kappa shape index (κ3) is 4.17. The standard InChI is InChI=1S/C15H21Cl3N2/c1-10(2)20-6-3-4-11(5-7-20)19-15-9-13(17)12(16)8-14(15)18/h8-11,19H,3-7H2,1-2H3. The number of hydrogen-bond acceptors (Lipinski definition) is 2. The van der Waals surface area contributed by atoms with Crippen LogP contribution in [0, 0.1) is 0 Å². The Labute approximate surface area is 136 Å². The molecule has 1 N–H and O–H groups in total. The van der Waals surface area contributed by atoms with Gasteiger partial charge in [0.25, 0.3) is 0 Å². The summed E-state index contributed by atoms with van der Waals surface area (Å²) in [7, 11) is 0. The van der Waals surface area contributed by atoms with Gasteiger partial charge in [-0.25, -0.2) is 0 Å². The first kappa shape index (κ1) is 16.2. The molecule has 0 aliphatic carbocycles. The lowest BCUT2D eigenvalue weighted by Crippen LogP contribution is -2.32. The second kappa shape index (κ2) is 7.22. The van der Waals surface area contributed by atoms with Gasteiger partial charge in [0.1, 0.15) is 0 Å². The van der Waals surface area contributed by atoms with E-state index in [2.05, 4.69) is 24.1 Å². The monoisotopic (exact) mass is 334 g/mol. The van der Waals surface area contributed by atoms with E-state index in [-0.39, 0.29) is 0 Å². The maximum Gasteiger partial charge on any atom is 0.0653 e. The average molecular weight is 336 g/mol. The van der Waals surface area contributed by atoms with E-state index < -0.39 is 0 Å². The predicted octanol–water partition coefficient (Wildman–Crippen LogP) is 5.32. The van der Waals surface area contributed by atoms with E-state index in [0.717, 1.165) is 25.1 Å². The molecule has 1 aromatic rings. The van der Waals surface area contributed by atoms with Crippen molar-refractivity contribution in [2.24, 2.45) is 0 Å². The summed E-state index contributed by atoms with van der Waals surface area (Å²) in [5, 5.41) is 5.18. The van der Waals surface area contributed by atoms with Crippen LogP contribution in [-0.2, 0) is 0 Å². The fourth-order valence-corrected chi connectivity index (χ4v) is 3.23. The van der Waals surface area contributed by atoms with E-state index in [9.17, 15) is 0 Å². The van der Waals surface area contributed by atoms with Crippen molar-refractivity contribution in [3.63, 3.8) is 0 Å². The molecule has 0 spiro atoms. The van der Waals surface area contributed by atoms with Gasteiger partial charge in [-0.3, -0.25) is 0 Å². The minimum atomic E-state index is 0.438. The Morgan fingerprint density at radius 1 is 1.05 bits per heavy atom. The summed E-state index contributed by atoms with van der Waals surface area (Å²) in [6, 6.07) is 4.57. The Morgan fingerprint density at radius 3 is 2.45 bits per heavy atom. The number of nitrogens with zero attached hydrogens (tertiary/aromatic N) is 1. The number of anilines is 1. The van der Waals surface area contributed by atoms with E-state index >= 15 is 0 Å². The molecule has 2 nitrogen and oxygen atoms in total. The van der Waals surface area contributed by atoms with Gasteiger partial charge < -0.3 is 10.2 Å². The third-order valence-corrected chi connectivity index (χ3v) is 4.90. The molecule has 5 heteroatoms. The van der Waals surface area contributed by atoms with Crippen LogP contribution in [0.1, 0.15) is 33.1 Å². The maximum atomic E-state index is 6.22. The van der Waals surface area contributed by atoms with Crippen LogP contribution in [0.2, 0.25) is 15.1 Å². The highest BCUT2D eigenvalue weighted by atomic mass is 35.5. The number of benzene rings is 1. The lowest BCUT2D eigenvalue weighted by molar-refractivity contribution is 0.230. The van der Waals surface area contributed by atoms with E-state index in [4.69, 9.17) is 34.8 Å². The molecule has 0 bridgehead atoms. The highest BCUT2D eigenvalue weighted by Gasteiger charge is 2.19. The first-order valence-corrected chi connectivity index (χ1v) is 8.26. The zero-order chi connectivity index (χ0) is 14.7. The Balaban J connectivity index is 2.02. The molecule has 20 heavy (non-hydrogen) atoms. The minimum absolute atomic E-state index is 0.438. The molecule has 1 atom stereocenters. The van der Waals surface area contributed by atoms with Crippen LogP contribution in [0.5, 0.6) is 0 Å². The highest BCUT2D eigenvalue weighted by molar-refractivity contribution is 6.44. The molecule has 1 heterocycles. The fourth-order valence-electron chi connectivity index (χ4n) is 2.63. The van der Waals surface area contributed by atoms with E-state index in [0.29, 0.717) is 27.2 Å². The van der Waals surface area contributed by atoms with Crippen LogP contribution in [0.15, 0.2) is 12.1 Å². The van der Waals surface area contributed by atoms with E-state index in [1.165, 1.54) is 13.0 Å². The van der Waals surface area contributed by atoms with Crippen LogP contribution in [0.25, 0.3) is 0 Å². The molecule has 0 saturated carbocycles. The molecule has 1 unspecified atom stereocenters. The summed E-state index contributed by atoms with van der Waals surface area (Å²) in [5.74, 6) is 0. The van der Waals surface area contributed by atoms with Crippen molar-refractivity contribution in [3.05, 3.63) is 27.2 Å². The van der Waals surface area contributed by atoms with Crippen LogP contribution < -0.4 is 5.32 Å². The van der Waals surface area contributed by atoms with Crippen molar-refractivity contribution in [3.8, 4) is 0 Å². The Morgan fingerprint density at radius 2 is 1.75 bits per heavy atom. The average Bonchev–Trinajstić information content (AvgIpc) is 2.61. The summed E-state index contributed by atoms with van der Waals surface area (Å²) in [4.78, 5) is 2.53. The molecule has 112 valence electrons. The van der Waals surface area contributed by atoms with E-state index in [1.54, 1.807) is 6.07 Å². The minimum Gasteiger partial charge on any atom is -0.381 e. The molecule has 2 rings (SSSR count). The summed E-state index contributed by atoms with van der Waals surface area (Å²) in [6.07, 6.45) is 3.48. The van der Waals surface area contributed by atoms with Crippen LogP contribution in [0.4, 0.5) is 5.69 Å². The van der Waals surface area contributed by atoms with Gasteiger partial charge >= 0.3 is 0 Å². The largest absolute Gasteiger partial charge is 0.381 e. The fraction of sp³-hybridized carbons (Fsp3) is 0.600. The van der Waals surface area contributed by atoms with Gasteiger partial charge in [-0.2, -0.15) is 0 Å². The quantitative estimate of drug-likeness (QED) is 0.752. The maximum absolute atomic E-state index is 6.22. The summed E-state index contributed by atoms with van der Waals surface area (Å²) in [6.45, 7) is 6.80. The smallest absolute Gasteiger partial charge is 0.0653 e. The van der Waals surface area contributed by atoms with Crippen molar-refractivity contribution in [1.29, 1.82) is 0 Å². The second-order valence-electron chi connectivity index (χ2n) is 5.65. The van der Waals surface area contributed by atoms with Crippen molar-refractivity contribution in [2.75, 3.05) is 18.4 Å². The van der Waals surface area contributed by atoms with Gasteiger partial charge in [0.05, 0.1) is 20.8 Å². The number of rotatable bonds is 3. The zero-order valence-electron chi connectivity index (χ0n) is 11.9. The topological polar surface area (TPSA) is 15.3 Å². The first-order chi connectivity index (χ1) is 9.47. The van der Waals surface area contributed by atoms with Gasteiger partial charge in [-0.15, -0.1) is 0 Å². The zero-order valence-corrected chi connectivity index (χ0v) is 14.2. The summed E-state index contributed by atoms with van der Waals surface area (Å²) < 4.78 is 0. The van der Waals surface area contributed by atoms with E-state index in [1.807, 2.05) is 6.07 Å². The Kier molecular flexibility index (Phi) is 5.85. The summed E-state index contributed by atoms with van der Waals surface area (Å²) >= 11 is 18.2. The van der Waals surface area contributed by atoms with Crippen molar-refractivity contribution in [2.45, 2.75) is 45.2 Å². The van der Waals surface area contributed by atoms with Gasteiger partial charge in [0.2, 0.25) is 0 Å². The molecule has 0 aromatic heterocycles. The number of nitrogens with one attached hydrogen (secondary N) is 1.